The van der Waals surface area contributed by atoms with Gasteiger partial charge in [-0.1, -0.05) is 22.0 Å². The molecular weight excluding hydrogens is 294 g/mol. The topological polar surface area (TPSA) is 39.2 Å². The number of hydrogen-bond acceptors (Lipinski definition) is 3. The lowest BCUT2D eigenvalue weighted by Gasteiger charge is -2.19. The minimum atomic E-state index is -0.507. The molecule has 0 bridgehead atoms. The first-order valence-electron chi connectivity index (χ1n) is 5.64. The SMILES string of the molecule is CC(C)(C)OC(=O)c1cc2ccc(Br)cc2cn1. The second-order valence-corrected chi connectivity index (χ2v) is 5.98. The van der Waals surface area contributed by atoms with Gasteiger partial charge in [0.25, 0.3) is 0 Å². The summed E-state index contributed by atoms with van der Waals surface area (Å²) in [5.74, 6) is -0.396. The molecule has 0 aliphatic carbocycles. The molecule has 0 radical (unpaired) electrons. The van der Waals surface area contributed by atoms with Crippen molar-refractivity contribution in [1.29, 1.82) is 0 Å². The van der Waals surface area contributed by atoms with Crippen molar-refractivity contribution in [2.45, 2.75) is 26.4 Å². The lowest BCUT2D eigenvalue weighted by molar-refractivity contribution is 0.00631. The van der Waals surface area contributed by atoms with Crippen LogP contribution in [0.2, 0.25) is 0 Å². The number of fused-ring (bicyclic) bond motifs is 1. The fourth-order valence-corrected chi connectivity index (χ4v) is 1.93. The minimum absolute atomic E-state index is 0.333. The van der Waals surface area contributed by atoms with Crippen molar-refractivity contribution >= 4 is 32.7 Å². The second kappa shape index (κ2) is 4.69. The number of aromatic nitrogens is 1. The van der Waals surface area contributed by atoms with Gasteiger partial charge >= 0.3 is 5.97 Å². The third kappa shape index (κ3) is 3.07. The monoisotopic (exact) mass is 307 g/mol. The summed E-state index contributed by atoms with van der Waals surface area (Å²) in [7, 11) is 0. The molecule has 0 spiro atoms. The minimum Gasteiger partial charge on any atom is -0.455 e. The maximum atomic E-state index is 11.9. The highest BCUT2D eigenvalue weighted by Crippen LogP contribution is 2.20. The first kappa shape index (κ1) is 13.0. The van der Waals surface area contributed by atoms with Gasteiger partial charge in [-0.15, -0.1) is 0 Å². The van der Waals surface area contributed by atoms with Crippen LogP contribution in [0.5, 0.6) is 0 Å². The highest BCUT2D eigenvalue weighted by atomic mass is 79.9. The van der Waals surface area contributed by atoms with Crippen LogP contribution in [-0.2, 0) is 4.74 Å². The van der Waals surface area contributed by atoms with Gasteiger partial charge in [-0.3, -0.25) is 0 Å². The molecule has 1 aromatic carbocycles. The molecule has 4 heteroatoms. The first-order chi connectivity index (χ1) is 8.35. The highest BCUT2D eigenvalue weighted by molar-refractivity contribution is 9.10. The molecule has 3 nitrogen and oxygen atoms in total. The molecule has 0 N–H and O–H groups in total. The van der Waals surface area contributed by atoms with Gasteiger partial charge < -0.3 is 4.74 Å². The van der Waals surface area contributed by atoms with Crippen LogP contribution >= 0.6 is 15.9 Å². The Bertz CT molecular complexity index is 602. The van der Waals surface area contributed by atoms with E-state index in [1.54, 1.807) is 12.3 Å². The van der Waals surface area contributed by atoms with Crippen LogP contribution in [0.4, 0.5) is 0 Å². The van der Waals surface area contributed by atoms with Crippen LogP contribution in [0.1, 0.15) is 31.3 Å². The van der Waals surface area contributed by atoms with Crippen molar-refractivity contribution < 1.29 is 9.53 Å². The molecule has 18 heavy (non-hydrogen) atoms. The molecule has 0 unspecified atom stereocenters. The Kier molecular flexibility index (Phi) is 3.39. The normalized spacial score (nSPS) is 11.6. The summed E-state index contributed by atoms with van der Waals surface area (Å²) in [6, 6.07) is 7.58. The Hall–Kier alpha value is -1.42. The summed E-state index contributed by atoms with van der Waals surface area (Å²) in [5.41, 5.74) is -0.173. The molecule has 0 aliphatic rings. The van der Waals surface area contributed by atoms with Gasteiger partial charge in [-0.05, 0) is 44.4 Å². The molecule has 2 rings (SSSR count). The van der Waals surface area contributed by atoms with Crippen molar-refractivity contribution in [1.82, 2.24) is 4.98 Å². The Morgan fingerprint density at radius 2 is 1.94 bits per heavy atom. The van der Waals surface area contributed by atoms with Crippen molar-refractivity contribution in [2.75, 3.05) is 0 Å². The number of hydrogen-bond donors (Lipinski definition) is 0. The summed E-state index contributed by atoms with van der Waals surface area (Å²) >= 11 is 3.40. The molecule has 1 aromatic heterocycles. The Labute approximate surface area is 114 Å². The summed E-state index contributed by atoms with van der Waals surface area (Å²) < 4.78 is 6.27. The number of benzene rings is 1. The van der Waals surface area contributed by atoms with Crippen LogP contribution in [0.25, 0.3) is 10.8 Å². The molecular formula is C14H14BrNO2. The predicted octanol–water partition coefficient (Wildman–Crippen LogP) is 3.95. The fraction of sp³-hybridized carbons (Fsp3) is 0.286. The number of carbonyl (C=O) groups is 1. The Morgan fingerprint density at radius 3 is 2.61 bits per heavy atom. The number of carbonyl (C=O) groups excluding carboxylic acids is 1. The summed E-state index contributed by atoms with van der Waals surface area (Å²) in [6.45, 7) is 5.51. The molecule has 2 aromatic rings. The summed E-state index contributed by atoms with van der Waals surface area (Å²) in [5, 5.41) is 1.95. The summed E-state index contributed by atoms with van der Waals surface area (Å²) in [4.78, 5) is 16.0. The third-order valence-electron chi connectivity index (χ3n) is 2.29. The zero-order valence-corrected chi connectivity index (χ0v) is 12.1. The molecule has 94 valence electrons. The van der Waals surface area contributed by atoms with Crippen LogP contribution in [0.3, 0.4) is 0 Å². The number of pyridine rings is 1. The van der Waals surface area contributed by atoms with Crippen molar-refractivity contribution in [3.05, 3.63) is 40.6 Å². The lowest BCUT2D eigenvalue weighted by atomic mass is 10.1. The molecule has 0 atom stereocenters. The molecule has 0 fully saturated rings. The number of rotatable bonds is 1. The number of nitrogens with zero attached hydrogens (tertiary/aromatic N) is 1. The number of ether oxygens (including phenoxy) is 1. The Morgan fingerprint density at radius 1 is 1.22 bits per heavy atom. The largest absolute Gasteiger partial charge is 0.455 e. The van der Waals surface area contributed by atoms with Gasteiger partial charge in [0.2, 0.25) is 0 Å². The van der Waals surface area contributed by atoms with Crippen LogP contribution < -0.4 is 0 Å². The van der Waals surface area contributed by atoms with Crippen LogP contribution in [-0.4, -0.2) is 16.6 Å². The predicted molar refractivity (Wildman–Crippen MR) is 74.6 cm³/mol. The van der Waals surface area contributed by atoms with E-state index in [0.29, 0.717) is 5.69 Å². The molecule has 0 amide bonds. The smallest absolute Gasteiger partial charge is 0.357 e. The van der Waals surface area contributed by atoms with Crippen molar-refractivity contribution in [3.63, 3.8) is 0 Å². The molecule has 1 heterocycles. The van der Waals surface area contributed by atoms with Crippen molar-refractivity contribution in [2.24, 2.45) is 0 Å². The van der Waals surface area contributed by atoms with Crippen molar-refractivity contribution in [3.8, 4) is 0 Å². The maximum Gasteiger partial charge on any atom is 0.357 e. The summed E-state index contributed by atoms with van der Waals surface area (Å²) in [6.07, 6.45) is 1.68. The fourth-order valence-electron chi connectivity index (χ4n) is 1.55. The average Bonchev–Trinajstić information content (AvgIpc) is 2.26. The van der Waals surface area contributed by atoms with E-state index in [1.807, 2.05) is 39.0 Å². The zero-order chi connectivity index (χ0) is 13.3. The van der Waals surface area contributed by atoms with E-state index in [4.69, 9.17) is 4.74 Å². The first-order valence-corrected chi connectivity index (χ1v) is 6.43. The number of halogens is 1. The van der Waals surface area contributed by atoms with E-state index in [9.17, 15) is 4.79 Å². The van der Waals surface area contributed by atoms with Gasteiger partial charge in [0, 0.05) is 16.1 Å². The quantitative estimate of drug-likeness (QED) is 0.749. The standard InChI is InChI=1S/C14H14BrNO2/c1-14(2,3)18-13(17)12-7-9-4-5-11(15)6-10(9)8-16-12/h4-8H,1-3H3. The van der Waals surface area contributed by atoms with Gasteiger partial charge in [0.05, 0.1) is 0 Å². The van der Waals surface area contributed by atoms with Gasteiger partial charge in [0.15, 0.2) is 0 Å². The van der Waals surface area contributed by atoms with E-state index < -0.39 is 11.6 Å². The van der Waals surface area contributed by atoms with Gasteiger partial charge in [-0.25, -0.2) is 9.78 Å². The molecule has 0 aliphatic heterocycles. The van der Waals surface area contributed by atoms with E-state index in [1.165, 1.54) is 0 Å². The van der Waals surface area contributed by atoms with E-state index in [-0.39, 0.29) is 0 Å². The lowest BCUT2D eigenvalue weighted by Crippen LogP contribution is -2.24. The molecule has 0 saturated carbocycles. The van der Waals surface area contributed by atoms with E-state index in [0.717, 1.165) is 15.2 Å². The third-order valence-corrected chi connectivity index (χ3v) is 2.79. The zero-order valence-electron chi connectivity index (χ0n) is 10.5. The maximum absolute atomic E-state index is 11.9. The highest BCUT2D eigenvalue weighted by Gasteiger charge is 2.18. The van der Waals surface area contributed by atoms with Crippen LogP contribution in [0, 0.1) is 0 Å². The second-order valence-electron chi connectivity index (χ2n) is 5.06. The van der Waals surface area contributed by atoms with Crippen LogP contribution in [0.15, 0.2) is 34.9 Å². The van der Waals surface area contributed by atoms with Gasteiger partial charge in [-0.2, -0.15) is 0 Å². The van der Waals surface area contributed by atoms with E-state index >= 15 is 0 Å². The molecule has 0 saturated heterocycles. The van der Waals surface area contributed by atoms with E-state index in [2.05, 4.69) is 20.9 Å². The average molecular weight is 308 g/mol. The Balaban J connectivity index is 2.36. The van der Waals surface area contributed by atoms with Gasteiger partial charge in [0.1, 0.15) is 11.3 Å². The number of esters is 1.